The van der Waals surface area contributed by atoms with E-state index in [4.69, 9.17) is 11.6 Å². The fourth-order valence-corrected chi connectivity index (χ4v) is 3.01. The summed E-state index contributed by atoms with van der Waals surface area (Å²) < 4.78 is 0. The molecule has 3 heterocycles. The van der Waals surface area contributed by atoms with Crippen LogP contribution in [-0.4, -0.2) is 34.2 Å². The molecule has 7 heteroatoms. The van der Waals surface area contributed by atoms with Crippen molar-refractivity contribution in [2.75, 3.05) is 18.0 Å². The first kappa shape index (κ1) is 16.6. The Kier molecular flexibility index (Phi) is 5.25. The molecule has 0 spiro atoms. The number of nitrogens with zero attached hydrogens (tertiary/aromatic N) is 4. The number of anilines is 1. The number of piperidine rings is 1. The van der Waals surface area contributed by atoms with Crippen LogP contribution in [0.5, 0.6) is 0 Å². The van der Waals surface area contributed by atoms with E-state index in [-0.39, 0.29) is 17.9 Å². The highest BCUT2D eigenvalue weighted by Crippen LogP contribution is 2.22. The van der Waals surface area contributed by atoms with Crippen LogP contribution in [0.1, 0.15) is 31.5 Å². The predicted molar refractivity (Wildman–Crippen MR) is 92.8 cm³/mol. The molecule has 126 valence electrons. The molecule has 6 nitrogen and oxygen atoms in total. The summed E-state index contributed by atoms with van der Waals surface area (Å²) in [4.78, 5) is 19.0. The Morgan fingerprint density at radius 1 is 1.33 bits per heavy atom. The van der Waals surface area contributed by atoms with Crippen molar-refractivity contribution in [3.05, 3.63) is 47.4 Å². The second kappa shape index (κ2) is 7.57. The van der Waals surface area contributed by atoms with Crippen LogP contribution < -0.4 is 10.2 Å². The highest BCUT2D eigenvalue weighted by molar-refractivity contribution is 6.29. The van der Waals surface area contributed by atoms with Crippen LogP contribution in [0, 0.1) is 5.92 Å². The normalized spacial score (nSPS) is 18.9. The third-order valence-corrected chi connectivity index (χ3v) is 4.43. The van der Waals surface area contributed by atoms with Gasteiger partial charge in [0, 0.05) is 19.3 Å². The minimum absolute atomic E-state index is 0.0553. The number of aromatic nitrogens is 3. The maximum absolute atomic E-state index is 12.6. The number of carbonyl (C=O) groups excluding carboxylic acids is 1. The summed E-state index contributed by atoms with van der Waals surface area (Å²) in [5.74, 6) is 0.747. The lowest BCUT2D eigenvalue weighted by Gasteiger charge is -2.33. The Morgan fingerprint density at radius 2 is 2.21 bits per heavy atom. The number of halogens is 1. The molecule has 1 saturated heterocycles. The van der Waals surface area contributed by atoms with Gasteiger partial charge in [0.05, 0.1) is 17.7 Å². The summed E-state index contributed by atoms with van der Waals surface area (Å²) >= 11 is 5.78. The van der Waals surface area contributed by atoms with Gasteiger partial charge in [0.1, 0.15) is 0 Å². The topological polar surface area (TPSA) is 71.0 Å². The molecule has 3 rings (SSSR count). The molecule has 0 radical (unpaired) electrons. The lowest BCUT2D eigenvalue weighted by atomic mass is 9.96. The zero-order chi connectivity index (χ0) is 16.9. The largest absolute Gasteiger partial charge is 0.354 e. The molecular formula is C17H20ClN5O. The number of rotatable bonds is 4. The van der Waals surface area contributed by atoms with E-state index in [2.05, 4.69) is 25.4 Å². The first-order valence-electron chi connectivity index (χ1n) is 8.09. The summed E-state index contributed by atoms with van der Waals surface area (Å²) in [5, 5.41) is 11.4. The van der Waals surface area contributed by atoms with Gasteiger partial charge in [0.15, 0.2) is 11.0 Å². The molecule has 1 N–H and O–H groups in total. The molecule has 1 aliphatic heterocycles. The summed E-state index contributed by atoms with van der Waals surface area (Å²) in [7, 11) is 0. The third-order valence-electron chi connectivity index (χ3n) is 4.22. The van der Waals surface area contributed by atoms with E-state index in [1.807, 2.05) is 31.2 Å². The van der Waals surface area contributed by atoms with Gasteiger partial charge in [-0.1, -0.05) is 17.7 Å². The Labute approximate surface area is 146 Å². The van der Waals surface area contributed by atoms with Crippen LogP contribution in [0.4, 0.5) is 5.82 Å². The molecule has 0 bridgehead atoms. The Bertz CT molecular complexity index is 679. The van der Waals surface area contributed by atoms with Crippen molar-refractivity contribution in [1.29, 1.82) is 0 Å². The van der Waals surface area contributed by atoms with Gasteiger partial charge < -0.3 is 10.2 Å². The van der Waals surface area contributed by atoms with Gasteiger partial charge in [-0.25, -0.2) is 0 Å². The zero-order valence-electron chi connectivity index (χ0n) is 13.5. The summed E-state index contributed by atoms with van der Waals surface area (Å²) in [5.41, 5.74) is 0.863. The predicted octanol–water partition coefficient (Wildman–Crippen LogP) is 2.62. The van der Waals surface area contributed by atoms with Crippen LogP contribution in [0.25, 0.3) is 0 Å². The number of hydrogen-bond acceptors (Lipinski definition) is 5. The van der Waals surface area contributed by atoms with E-state index in [0.29, 0.717) is 11.7 Å². The smallest absolute Gasteiger partial charge is 0.225 e. The van der Waals surface area contributed by atoms with E-state index in [0.717, 1.165) is 30.9 Å². The van der Waals surface area contributed by atoms with Crippen molar-refractivity contribution in [3.8, 4) is 0 Å². The zero-order valence-corrected chi connectivity index (χ0v) is 14.3. The molecule has 2 aromatic heterocycles. The van der Waals surface area contributed by atoms with Gasteiger partial charge in [-0.15, -0.1) is 10.2 Å². The molecule has 2 aromatic rings. The van der Waals surface area contributed by atoms with E-state index in [1.54, 1.807) is 12.3 Å². The highest BCUT2D eigenvalue weighted by Gasteiger charge is 2.27. The standard InChI is InChI=1S/C17H20ClN5O/c1-12(14-6-2-3-9-19-14)20-17(24)13-5-4-10-23(11-13)16-8-7-15(18)21-22-16/h2-3,6-9,12-13H,4-5,10-11H2,1H3,(H,20,24). The SMILES string of the molecule is CC(NC(=O)C1CCCN(c2ccc(Cl)nn2)C1)c1ccccn1. The average Bonchev–Trinajstić information content (AvgIpc) is 2.63. The fraction of sp³-hybridized carbons (Fsp3) is 0.412. The number of amides is 1. The second-order valence-electron chi connectivity index (χ2n) is 5.98. The van der Waals surface area contributed by atoms with E-state index in [9.17, 15) is 4.79 Å². The van der Waals surface area contributed by atoms with Gasteiger partial charge in [0.2, 0.25) is 5.91 Å². The Hall–Kier alpha value is -2.21. The molecule has 1 aliphatic rings. The lowest BCUT2D eigenvalue weighted by molar-refractivity contribution is -0.125. The van der Waals surface area contributed by atoms with E-state index >= 15 is 0 Å². The monoisotopic (exact) mass is 345 g/mol. The number of nitrogens with one attached hydrogen (secondary N) is 1. The van der Waals surface area contributed by atoms with Crippen molar-refractivity contribution in [1.82, 2.24) is 20.5 Å². The van der Waals surface area contributed by atoms with Crippen molar-refractivity contribution >= 4 is 23.3 Å². The summed E-state index contributed by atoms with van der Waals surface area (Å²) in [6.07, 6.45) is 3.55. The number of carbonyl (C=O) groups is 1. The fourth-order valence-electron chi connectivity index (χ4n) is 2.91. The van der Waals surface area contributed by atoms with Crippen LogP contribution >= 0.6 is 11.6 Å². The van der Waals surface area contributed by atoms with Crippen molar-refractivity contribution in [2.24, 2.45) is 5.92 Å². The van der Waals surface area contributed by atoms with Crippen LogP contribution in [-0.2, 0) is 4.79 Å². The Morgan fingerprint density at radius 3 is 2.92 bits per heavy atom. The third kappa shape index (κ3) is 4.00. The van der Waals surface area contributed by atoms with Crippen molar-refractivity contribution < 1.29 is 4.79 Å². The van der Waals surface area contributed by atoms with Gasteiger partial charge in [-0.2, -0.15) is 0 Å². The first-order valence-corrected chi connectivity index (χ1v) is 8.47. The molecule has 2 atom stereocenters. The molecule has 1 fully saturated rings. The lowest BCUT2D eigenvalue weighted by Crippen LogP contribution is -2.44. The van der Waals surface area contributed by atoms with Crippen LogP contribution in [0.3, 0.4) is 0 Å². The quantitative estimate of drug-likeness (QED) is 0.922. The molecule has 0 aromatic carbocycles. The van der Waals surface area contributed by atoms with Crippen molar-refractivity contribution in [2.45, 2.75) is 25.8 Å². The van der Waals surface area contributed by atoms with E-state index in [1.165, 1.54) is 0 Å². The van der Waals surface area contributed by atoms with Gasteiger partial charge in [0.25, 0.3) is 0 Å². The van der Waals surface area contributed by atoms with Crippen molar-refractivity contribution in [3.63, 3.8) is 0 Å². The molecule has 0 aliphatic carbocycles. The maximum atomic E-state index is 12.6. The number of hydrogen-bond donors (Lipinski definition) is 1. The first-order chi connectivity index (χ1) is 11.6. The number of pyridine rings is 1. The average molecular weight is 346 g/mol. The van der Waals surface area contributed by atoms with Gasteiger partial charge >= 0.3 is 0 Å². The molecule has 0 saturated carbocycles. The van der Waals surface area contributed by atoms with Crippen LogP contribution in [0.15, 0.2) is 36.5 Å². The summed E-state index contributed by atoms with van der Waals surface area (Å²) in [6, 6.07) is 9.16. The van der Waals surface area contributed by atoms with Gasteiger partial charge in [-0.05, 0) is 44.0 Å². The Balaban J connectivity index is 1.61. The minimum Gasteiger partial charge on any atom is -0.354 e. The molecule has 1 amide bonds. The maximum Gasteiger partial charge on any atom is 0.225 e. The van der Waals surface area contributed by atoms with Gasteiger partial charge in [-0.3, -0.25) is 9.78 Å². The minimum atomic E-state index is -0.107. The molecule has 2 unspecified atom stereocenters. The summed E-state index contributed by atoms with van der Waals surface area (Å²) in [6.45, 7) is 3.46. The second-order valence-corrected chi connectivity index (χ2v) is 6.37. The highest BCUT2D eigenvalue weighted by atomic mass is 35.5. The van der Waals surface area contributed by atoms with Crippen LogP contribution in [0.2, 0.25) is 5.15 Å². The van der Waals surface area contributed by atoms with E-state index < -0.39 is 0 Å². The molecular weight excluding hydrogens is 326 g/mol. The molecule has 24 heavy (non-hydrogen) atoms.